The summed E-state index contributed by atoms with van der Waals surface area (Å²) in [4.78, 5) is 27.1. The molecule has 8 heteroatoms. The van der Waals surface area contributed by atoms with Gasteiger partial charge in [0.15, 0.2) is 6.10 Å². The molecule has 0 aliphatic carbocycles. The zero-order chi connectivity index (χ0) is 21.3. The lowest BCUT2D eigenvalue weighted by Crippen LogP contribution is -2.52. The van der Waals surface area contributed by atoms with Crippen molar-refractivity contribution in [2.24, 2.45) is 0 Å². The number of fused-ring (bicyclic) bond motifs is 1. The average molecular weight is 414 g/mol. The van der Waals surface area contributed by atoms with Crippen molar-refractivity contribution >= 4 is 17.5 Å². The van der Waals surface area contributed by atoms with Gasteiger partial charge in [0.2, 0.25) is 5.91 Å². The normalized spacial score (nSPS) is 15.4. The van der Waals surface area contributed by atoms with Crippen LogP contribution < -0.4 is 20.3 Å². The Hall–Kier alpha value is -3.03. The van der Waals surface area contributed by atoms with Gasteiger partial charge in [-0.15, -0.1) is 0 Å². The molecule has 1 aromatic heterocycles. The number of rotatable bonds is 10. The number of hydrogen-bond acceptors (Lipinski definition) is 5. The molecule has 3 rings (SSSR count). The van der Waals surface area contributed by atoms with Crippen LogP contribution in [0.1, 0.15) is 33.1 Å². The number of carbonyl (C=O) groups is 2. The summed E-state index contributed by atoms with van der Waals surface area (Å²) in [7, 11) is 0. The predicted octanol–water partition coefficient (Wildman–Crippen LogP) is 1.96. The van der Waals surface area contributed by atoms with Crippen LogP contribution in [0.2, 0.25) is 0 Å². The van der Waals surface area contributed by atoms with Crippen molar-refractivity contribution < 1.29 is 14.3 Å². The number of aryl methyl sites for hydroxylation is 1. The number of para-hydroxylation sites is 2. The minimum Gasteiger partial charge on any atom is -0.477 e. The maximum atomic E-state index is 12.7. The highest BCUT2D eigenvalue weighted by Gasteiger charge is 2.32. The van der Waals surface area contributed by atoms with Gasteiger partial charge in [-0.2, -0.15) is 5.10 Å². The highest BCUT2D eigenvalue weighted by atomic mass is 16.5. The molecule has 8 nitrogen and oxygen atoms in total. The van der Waals surface area contributed by atoms with Crippen molar-refractivity contribution in [3.05, 3.63) is 42.7 Å². The number of amides is 2. The van der Waals surface area contributed by atoms with E-state index < -0.39 is 6.10 Å². The zero-order valence-corrected chi connectivity index (χ0v) is 17.7. The van der Waals surface area contributed by atoms with Crippen molar-refractivity contribution in [3.63, 3.8) is 0 Å². The maximum Gasteiger partial charge on any atom is 0.263 e. The standard InChI is InChI=1S/C22H31N5O3/c1-3-17(4-2)25-22(29)20-15-26(18-9-5-6-10-19(18)30-20)16-21(28)23-11-7-13-27-14-8-12-24-27/h5-6,8-10,12,14,17,20H,3-4,7,11,13,15-16H2,1-2H3,(H,23,28)(H,25,29). The third-order valence-corrected chi connectivity index (χ3v) is 5.27. The monoisotopic (exact) mass is 413 g/mol. The second-order valence-corrected chi connectivity index (χ2v) is 7.45. The largest absolute Gasteiger partial charge is 0.477 e. The number of aromatic nitrogens is 2. The van der Waals surface area contributed by atoms with Crippen LogP contribution in [-0.4, -0.2) is 53.4 Å². The van der Waals surface area contributed by atoms with E-state index in [1.54, 1.807) is 6.20 Å². The lowest BCUT2D eigenvalue weighted by molar-refractivity contribution is -0.129. The summed E-state index contributed by atoms with van der Waals surface area (Å²) in [5.41, 5.74) is 0.829. The molecule has 1 aliphatic rings. The van der Waals surface area contributed by atoms with E-state index in [4.69, 9.17) is 4.74 Å². The minimum atomic E-state index is -0.645. The van der Waals surface area contributed by atoms with Crippen molar-refractivity contribution in [2.45, 2.75) is 51.8 Å². The third-order valence-electron chi connectivity index (χ3n) is 5.27. The fourth-order valence-electron chi connectivity index (χ4n) is 3.51. The van der Waals surface area contributed by atoms with Crippen LogP contribution in [0.25, 0.3) is 0 Å². The summed E-state index contributed by atoms with van der Waals surface area (Å²) in [6.07, 6.45) is 5.54. The van der Waals surface area contributed by atoms with E-state index in [0.29, 0.717) is 18.8 Å². The van der Waals surface area contributed by atoms with E-state index in [9.17, 15) is 9.59 Å². The van der Waals surface area contributed by atoms with Gasteiger partial charge in [-0.3, -0.25) is 14.3 Å². The molecular formula is C22H31N5O3. The topological polar surface area (TPSA) is 88.5 Å². The van der Waals surface area contributed by atoms with E-state index in [-0.39, 0.29) is 24.4 Å². The van der Waals surface area contributed by atoms with E-state index in [1.807, 2.05) is 46.1 Å². The lowest BCUT2D eigenvalue weighted by Gasteiger charge is -2.35. The van der Waals surface area contributed by atoms with Crippen molar-refractivity contribution in [2.75, 3.05) is 24.5 Å². The van der Waals surface area contributed by atoms with Gasteiger partial charge in [0.05, 0.1) is 18.8 Å². The number of anilines is 1. The predicted molar refractivity (Wildman–Crippen MR) is 115 cm³/mol. The molecule has 1 atom stereocenters. The number of carbonyl (C=O) groups excluding carboxylic acids is 2. The summed E-state index contributed by atoms with van der Waals surface area (Å²) in [5.74, 6) is 0.411. The molecule has 0 saturated heterocycles. The van der Waals surface area contributed by atoms with Crippen molar-refractivity contribution in [1.29, 1.82) is 0 Å². The molecular weight excluding hydrogens is 382 g/mol. The quantitative estimate of drug-likeness (QED) is 0.582. The number of nitrogens with one attached hydrogen (secondary N) is 2. The van der Waals surface area contributed by atoms with Crippen LogP contribution in [0.15, 0.2) is 42.7 Å². The summed E-state index contributed by atoms with van der Waals surface area (Å²) in [6, 6.07) is 9.53. The lowest BCUT2D eigenvalue weighted by atomic mass is 10.1. The molecule has 2 heterocycles. The fraction of sp³-hybridized carbons (Fsp3) is 0.500. The SMILES string of the molecule is CCC(CC)NC(=O)C1CN(CC(=O)NCCCn2cccn2)c2ccccc2O1. The van der Waals surface area contributed by atoms with Crippen LogP contribution in [0.3, 0.4) is 0 Å². The molecule has 1 unspecified atom stereocenters. The number of nitrogens with zero attached hydrogens (tertiary/aromatic N) is 3. The number of benzene rings is 1. The van der Waals surface area contributed by atoms with Gasteiger partial charge in [-0.1, -0.05) is 26.0 Å². The second kappa shape index (κ2) is 10.7. The fourth-order valence-corrected chi connectivity index (χ4v) is 3.51. The summed E-state index contributed by atoms with van der Waals surface area (Å²) in [5, 5.41) is 10.2. The highest BCUT2D eigenvalue weighted by molar-refractivity contribution is 5.86. The van der Waals surface area contributed by atoms with Crippen LogP contribution in [0.4, 0.5) is 5.69 Å². The Kier molecular flexibility index (Phi) is 7.70. The Balaban J connectivity index is 1.56. The molecule has 0 spiro atoms. The molecule has 1 aromatic carbocycles. The Morgan fingerprint density at radius 1 is 1.23 bits per heavy atom. The van der Waals surface area contributed by atoms with Crippen LogP contribution >= 0.6 is 0 Å². The first-order valence-corrected chi connectivity index (χ1v) is 10.7. The van der Waals surface area contributed by atoms with Gasteiger partial charge in [-0.25, -0.2) is 0 Å². The van der Waals surface area contributed by atoms with Crippen molar-refractivity contribution in [3.8, 4) is 5.75 Å². The Morgan fingerprint density at radius 2 is 2.03 bits per heavy atom. The van der Waals surface area contributed by atoms with E-state index in [1.165, 1.54) is 0 Å². The second-order valence-electron chi connectivity index (χ2n) is 7.45. The van der Waals surface area contributed by atoms with Crippen LogP contribution in [-0.2, 0) is 16.1 Å². The molecule has 1 aliphatic heterocycles. The smallest absolute Gasteiger partial charge is 0.263 e. The molecule has 0 bridgehead atoms. The molecule has 30 heavy (non-hydrogen) atoms. The van der Waals surface area contributed by atoms with Gasteiger partial charge < -0.3 is 20.3 Å². The first-order chi connectivity index (χ1) is 14.6. The Bertz CT molecular complexity index is 820. The maximum absolute atomic E-state index is 12.7. The van der Waals surface area contributed by atoms with Crippen molar-refractivity contribution in [1.82, 2.24) is 20.4 Å². The number of ether oxygens (including phenoxy) is 1. The van der Waals surface area contributed by atoms with Gasteiger partial charge in [-0.05, 0) is 37.5 Å². The number of hydrogen-bond donors (Lipinski definition) is 2. The first-order valence-electron chi connectivity index (χ1n) is 10.7. The molecule has 2 N–H and O–H groups in total. The molecule has 0 saturated carbocycles. The molecule has 0 radical (unpaired) electrons. The average Bonchev–Trinajstić information content (AvgIpc) is 3.28. The van der Waals surface area contributed by atoms with Gasteiger partial charge in [0, 0.05) is 31.5 Å². The highest BCUT2D eigenvalue weighted by Crippen LogP contribution is 2.32. The molecule has 2 amide bonds. The van der Waals surface area contributed by atoms with E-state index in [0.717, 1.165) is 31.5 Å². The minimum absolute atomic E-state index is 0.0775. The zero-order valence-electron chi connectivity index (χ0n) is 17.7. The van der Waals surface area contributed by atoms with E-state index in [2.05, 4.69) is 29.6 Å². The van der Waals surface area contributed by atoms with E-state index >= 15 is 0 Å². The Labute approximate surface area is 177 Å². The van der Waals surface area contributed by atoms with Gasteiger partial charge >= 0.3 is 0 Å². The van der Waals surface area contributed by atoms with Gasteiger partial charge in [0.25, 0.3) is 5.91 Å². The Morgan fingerprint density at radius 3 is 2.77 bits per heavy atom. The summed E-state index contributed by atoms with van der Waals surface area (Å²) in [6.45, 7) is 5.94. The van der Waals surface area contributed by atoms with Crippen LogP contribution in [0.5, 0.6) is 5.75 Å². The summed E-state index contributed by atoms with van der Waals surface area (Å²) < 4.78 is 7.78. The molecule has 162 valence electrons. The molecule has 2 aromatic rings. The molecule has 0 fully saturated rings. The summed E-state index contributed by atoms with van der Waals surface area (Å²) >= 11 is 0. The van der Waals surface area contributed by atoms with Crippen LogP contribution in [0, 0.1) is 0 Å². The first kappa shape index (κ1) is 21.7. The third kappa shape index (κ3) is 5.75. The van der Waals surface area contributed by atoms with Gasteiger partial charge in [0.1, 0.15) is 5.75 Å².